The first-order chi connectivity index (χ1) is 8.77. The topological polar surface area (TPSA) is 44.1 Å². The van der Waals surface area contributed by atoms with Crippen molar-refractivity contribution in [3.63, 3.8) is 0 Å². The predicted octanol–water partition coefficient (Wildman–Crippen LogP) is 2.91. The molecule has 1 unspecified atom stereocenters. The molecule has 0 aromatic heterocycles. The predicted molar refractivity (Wildman–Crippen MR) is 71.0 cm³/mol. The Kier molecular flexibility index (Phi) is 4.77. The van der Waals surface area contributed by atoms with Crippen molar-refractivity contribution in [2.24, 2.45) is 5.41 Å². The van der Waals surface area contributed by atoms with Crippen LogP contribution in [0.4, 0.5) is 0 Å². The lowest BCUT2D eigenvalue weighted by Gasteiger charge is -2.40. The second-order valence-corrected chi connectivity index (χ2v) is 5.91. The van der Waals surface area contributed by atoms with Gasteiger partial charge >= 0.3 is 0 Å². The summed E-state index contributed by atoms with van der Waals surface area (Å²) in [5.74, 6) is 0.426. The van der Waals surface area contributed by atoms with E-state index in [-0.39, 0.29) is 5.41 Å². The number of ketones is 1. The van der Waals surface area contributed by atoms with E-state index in [4.69, 9.17) is 5.26 Å². The molecule has 18 heavy (non-hydrogen) atoms. The number of carbonyl (C=O) groups is 1. The Bertz CT molecular complexity index is 328. The van der Waals surface area contributed by atoms with Gasteiger partial charge in [-0.15, -0.1) is 0 Å². The Morgan fingerprint density at radius 1 is 1.17 bits per heavy atom. The Morgan fingerprint density at radius 3 is 2.61 bits per heavy atom. The van der Waals surface area contributed by atoms with Crippen LogP contribution in [0.1, 0.15) is 57.8 Å². The van der Waals surface area contributed by atoms with E-state index in [9.17, 15) is 4.79 Å². The summed E-state index contributed by atoms with van der Waals surface area (Å²) in [6, 6.07) is 2.23. The van der Waals surface area contributed by atoms with Crippen LogP contribution in [-0.4, -0.2) is 30.3 Å². The highest BCUT2D eigenvalue weighted by atomic mass is 16.1. The maximum absolute atomic E-state index is 12.4. The molecule has 2 rings (SSSR count). The fourth-order valence-corrected chi connectivity index (χ4v) is 3.50. The molecule has 0 spiro atoms. The molecule has 1 aliphatic heterocycles. The Hall–Kier alpha value is -0.880. The quantitative estimate of drug-likeness (QED) is 0.768. The minimum absolute atomic E-state index is 0.189. The van der Waals surface area contributed by atoms with Crippen molar-refractivity contribution in [2.45, 2.75) is 57.8 Å². The van der Waals surface area contributed by atoms with Crippen LogP contribution in [0.5, 0.6) is 0 Å². The molecule has 100 valence electrons. The number of nitriles is 1. The number of nitrogens with zero attached hydrogens (tertiary/aromatic N) is 2. The summed E-state index contributed by atoms with van der Waals surface area (Å²) in [6.45, 7) is 3.19. The average molecular weight is 248 g/mol. The molecule has 3 nitrogen and oxygen atoms in total. The summed E-state index contributed by atoms with van der Waals surface area (Å²) < 4.78 is 0. The summed E-state index contributed by atoms with van der Waals surface area (Å²) in [6.07, 6.45) is 9.11. The van der Waals surface area contributed by atoms with Crippen molar-refractivity contribution < 1.29 is 4.79 Å². The molecule has 0 bridgehead atoms. The van der Waals surface area contributed by atoms with E-state index in [1.165, 1.54) is 19.3 Å². The third kappa shape index (κ3) is 3.11. The van der Waals surface area contributed by atoms with Crippen LogP contribution in [0, 0.1) is 16.7 Å². The Labute approximate surface area is 110 Å². The zero-order valence-corrected chi connectivity index (χ0v) is 11.3. The smallest absolute Gasteiger partial charge is 0.140 e. The Morgan fingerprint density at radius 2 is 1.94 bits per heavy atom. The lowest BCUT2D eigenvalue weighted by atomic mass is 9.69. The van der Waals surface area contributed by atoms with Gasteiger partial charge in [0.25, 0.3) is 0 Å². The molecule has 2 fully saturated rings. The van der Waals surface area contributed by atoms with E-state index in [1.807, 2.05) is 0 Å². The van der Waals surface area contributed by atoms with Crippen LogP contribution in [0.3, 0.4) is 0 Å². The molecule has 0 radical (unpaired) electrons. The first-order valence-corrected chi connectivity index (χ1v) is 7.39. The normalized spacial score (nSPS) is 30.1. The van der Waals surface area contributed by atoms with Gasteiger partial charge in [-0.2, -0.15) is 5.26 Å². The molecule has 1 atom stereocenters. The largest absolute Gasteiger partial charge is 0.302 e. The fourth-order valence-electron chi connectivity index (χ4n) is 3.50. The third-order valence-electron chi connectivity index (χ3n) is 4.59. The molecule has 1 saturated carbocycles. The van der Waals surface area contributed by atoms with Crippen LogP contribution in [0.25, 0.3) is 0 Å². The number of rotatable bonds is 4. The molecule has 1 saturated heterocycles. The molecule has 0 aromatic rings. The molecule has 0 aromatic carbocycles. The number of carbonyl (C=O) groups excluding carboxylic acids is 1. The average Bonchev–Trinajstić information content (AvgIpc) is 2.41. The van der Waals surface area contributed by atoms with Crippen molar-refractivity contribution in [3.05, 3.63) is 0 Å². The summed E-state index contributed by atoms with van der Waals surface area (Å²) in [7, 11) is 0. The van der Waals surface area contributed by atoms with Crippen molar-refractivity contribution in [1.29, 1.82) is 5.26 Å². The number of likely N-dealkylation sites (tertiary alicyclic amines) is 1. The standard InChI is InChI=1S/C15H24N2O/c16-10-6-9-15(8-3-2-7-14(15)18)13-17-11-4-1-5-12-17/h1-9,11-13H2. The van der Waals surface area contributed by atoms with Crippen LogP contribution in [0.2, 0.25) is 0 Å². The molecule has 2 aliphatic rings. The molecule has 3 heteroatoms. The maximum Gasteiger partial charge on any atom is 0.140 e. The maximum atomic E-state index is 12.4. The van der Waals surface area contributed by atoms with Crippen LogP contribution >= 0.6 is 0 Å². The molecule has 0 N–H and O–H groups in total. The summed E-state index contributed by atoms with van der Waals surface area (Å²) in [4.78, 5) is 14.8. The molecule has 1 heterocycles. The highest BCUT2D eigenvalue weighted by Gasteiger charge is 2.40. The Balaban J connectivity index is 2.03. The van der Waals surface area contributed by atoms with E-state index in [0.29, 0.717) is 12.2 Å². The summed E-state index contributed by atoms with van der Waals surface area (Å²) in [5.41, 5.74) is -0.189. The van der Waals surface area contributed by atoms with Gasteiger partial charge in [-0.3, -0.25) is 4.79 Å². The van der Waals surface area contributed by atoms with E-state index >= 15 is 0 Å². The van der Waals surface area contributed by atoms with Crippen molar-refractivity contribution in [2.75, 3.05) is 19.6 Å². The highest BCUT2D eigenvalue weighted by Crippen LogP contribution is 2.38. The second kappa shape index (κ2) is 6.33. The zero-order chi connectivity index (χ0) is 12.8. The number of hydrogen-bond donors (Lipinski definition) is 0. The highest BCUT2D eigenvalue weighted by molar-refractivity contribution is 5.85. The number of piperidine rings is 1. The van der Waals surface area contributed by atoms with Crippen LogP contribution in [0.15, 0.2) is 0 Å². The SMILES string of the molecule is N#CCCC1(CN2CCCCC2)CCCCC1=O. The van der Waals surface area contributed by atoms with Gasteiger partial charge < -0.3 is 4.90 Å². The van der Waals surface area contributed by atoms with Gasteiger partial charge in [0.2, 0.25) is 0 Å². The van der Waals surface area contributed by atoms with E-state index in [2.05, 4.69) is 11.0 Å². The molecular formula is C15H24N2O. The minimum Gasteiger partial charge on any atom is -0.302 e. The van der Waals surface area contributed by atoms with E-state index in [1.54, 1.807) is 0 Å². The first kappa shape index (κ1) is 13.5. The van der Waals surface area contributed by atoms with Gasteiger partial charge in [-0.25, -0.2) is 0 Å². The summed E-state index contributed by atoms with van der Waals surface area (Å²) in [5, 5.41) is 8.83. The van der Waals surface area contributed by atoms with Gasteiger partial charge in [0, 0.05) is 24.8 Å². The number of Topliss-reactive ketones (excluding diaryl/α,β-unsaturated/α-hetero) is 1. The van der Waals surface area contributed by atoms with Crippen molar-refractivity contribution in [1.82, 2.24) is 4.90 Å². The second-order valence-electron chi connectivity index (χ2n) is 5.91. The third-order valence-corrected chi connectivity index (χ3v) is 4.59. The van der Waals surface area contributed by atoms with Gasteiger partial charge in [0.15, 0.2) is 0 Å². The molecule has 0 amide bonds. The minimum atomic E-state index is -0.189. The summed E-state index contributed by atoms with van der Waals surface area (Å²) >= 11 is 0. The zero-order valence-electron chi connectivity index (χ0n) is 11.3. The van der Waals surface area contributed by atoms with E-state index < -0.39 is 0 Å². The number of hydrogen-bond acceptors (Lipinski definition) is 3. The lowest BCUT2D eigenvalue weighted by molar-refractivity contribution is -0.133. The van der Waals surface area contributed by atoms with Crippen LogP contribution < -0.4 is 0 Å². The van der Waals surface area contributed by atoms with Crippen molar-refractivity contribution in [3.8, 4) is 6.07 Å². The van der Waals surface area contributed by atoms with E-state index in [0.717, 1.165) is 51.7 Å². The first-order valence-electron chi connectivity index (χ1n) is 7.39. The van der Waals surface area contributed by atoms with Crippen LogP contribution in [-0.2, 0) is 4.79 Å². The lowest BCUT2D eigenvalue weighted by Crippen LogP contribution is -2.46. The van der Waals surface area contributed by atoms with Gasteiger partial charge in [-0.05, 0) is 45.2 Å². The van der Waals surface area contributed by atoms with Gasteiger partial charge in [0.05, 0.1) is 6.07 Å². The van der Waals surface area contributed by atoms with Gasteiger partial charge in [-0.1, -0.05) is 12.8 Å². The van der Waals surface area contributed by atoms with Crippen molar-refractivity contribution >= 4 is 5.78 Å². The molecule has 1 aliphatic carbocycles. The fraction of sp³-hybridized carbons (Fsp3) is 0.867. The monoisotopic (exact) mass is 248 g/mol. The molecular weight excluding hydrogens is 224 g/mol. The van der Waals surface area contributed by atoms with Gasteiger partial charge in [0.1, 0.15) is 5.78 Å².